The molecule has 16 heavy (non-hydrogen) atoms. The molecule has 0 bridgehead atoms. The fourth-order valence-electron chi connectivity index (χ4n) is 1.37. The van der Waals surface area contributed by atoms with E-state index in [0.29, 0.717) is 30.5 Å². The standard InChI is InChI=1S/C9H16N6O/c1-3-16-9-13-7(11-6-4-5(6)2)12-8(14-9)15-10/h5-6H,3-4,10H2,1-2H3,(H2,11,12,13,14,15). The van der Waals surface area contributed by atoms with Gasteiger partial charge in [-0.2, -0.15) is 15.0 Å². The molecule has 0 saturated heterocycles. The molecule has 0 spiro atoms. The maximum Gasteiger partial charge on any atom is 0.323 e. The summed E-state index contributed by atoms with van der Waals surface area (Å²) in [6.45, 7) is 4.55. The van der Waals surface area contributed by atoms with Crippen LogP contribution in [0.3, 0.4) is 0 Å². The number of ether oxygens (including phenoxy) is 1. The molecule has 0 amide bonds. The Morgan fingerprint density at radius 2 is 2.06 bits per heavy atom. The number of nitrogens with zero attached hydrogens (tertiary/aromatic N) is 3. The second kappa shape index (κ2) is 4.48. The third-order valence-electron chi connectivity index (χ3n) is 2.44. The fourth-order valence-corrected chi connectivity index (χ4v) is 1.37. The summed E-state index contributed by atoms with van der Waals surface area (Å²) in [6, 6.07) is 0.726. The molecular formula is C9H16N6O. The first-order valence-electron chi connectivity index (χ1n) is 5.35. The van der Waals surface area contributed by atoms with Crippen molar-refractivity contribution in [3.05, 3.63) is 0 Å². The summed E-state index contributed by atoms with van der Waals surface area (Å²) >= 11 is 0. The molecule has 2 atom stereocenters. The Kier molecular flexibility index (Phi) is 3.04. The van der Waals surface area contributed by atoms with E-state index in [-0.39, 0.29) is 6.01 Å². The van der Waals surface area contributed by atoms with Crippen molar-refractivity contribution >= 4 is 11.9 Å². The number of hydrogen-bond acceptors (Lipinski definition) is 7. The third kappa shape index (κ3) is 2.48. The van der Waals surface area contributed by atoms with Crippen LogP contribution in [-0.2, 0) is 0 Å². The summed E-state index contributed by atoms with van der Waals surface area (Å²) in [4.78, 5) is 12.2. The normalized spacial score (nSPS) is 22.7. The van der Waals surface area contributed by atoms with Crippen molar-refractivity contribution in [2.45, 2.75) is 26.3 Å². The highest BCUT2D eigenvalue weighted by atomic mass is 16.5. The zero-order valence-electron chi connectivity index (χ0n) is 9.40. The van der Waals surface area contributed by atoms with Gasteiger partial charge in [0.1, 0.15) is 0 Å². The Morgan fingerprint density at radius 3 is 2.62 bits per heavy atom. The van der Waals surface area contributed by atoms with E-state index in [0.717, 1.165) is 6.42 Å². The molecule has 1 aromatic heterocycles. The van der Waals surface area contributed by atoms with Crippen LogP contribution in [0, 0.1) is 5.92 Å². The van der Waals surface area contributed by atoms with Crippen LogP contribution in [0.15, 0.2) is 0 Å². The molecule has 1 saturated carbocycles. The molecule has 1 aromatic rings. The maximum atomic E-state index is 5.27. The van der Waals surface area contributed by atoms with Crippen molar-refractivity contribution < 1.29 is 4.74 Å². The Hall–Kier alpha value is -1.63. The maximum absolute atomic E-state index is 5.27. The largest absolute Gasteiger partial charge is 0.464 e. The number of nitrogens with two attached hydrogens (primary N) is 1. The van der Waals surface area contributed by atoms with E-state index in [2.05, 4.69) is 32.6 Å². The minimum atomic E-state index is 0.279. The molecular weight excluding hydrogens is 208 g/mol. The highest BCUT2D eigenvalue weighted by Gasteiger charge is 2.33. The summed E-state index contributed by atoms with van der Waals surface area (Å²) < 4.78 is 5.22. The van der Waals surface area contributed by atoms with Crippen LogP contribution in [0.5, 0.6) is 6.01 Å². The lowest BCUT2D eigenvalue weighted by atomic mass is 10.5. The fraction of sp³-hybridized carbons (Fsp3) is 0.667. The van der Waals surface area contributed by atoms with Crippen LogP contribution >= 0.6 is 0 Å². The van der Waals surface area contributed by atoms with Gasteiger partial charge in [0.05, 0.1) is 6.61 Å². The molecule has 2 unspecified atom stereocenters. The number of hydrogen-bond donors (Lipinski definition) is 3. The summed E-state index contributed by atoms with van der Waals surface area (Å²) in [7, 11) is 0. The predicted molar refractivity (Wildman–Crippen MR) is 60.0 cm³/mol. The van der Waals surface area contributed by atoms with Crippen molar-refractivity contribution in [3.63, 3.8) is 0 Å². The summed E-state index contributed by atoms with van der Waals surface area (Å²) in [5.41, 5.74) is 2.39. The molecule has 4 N–H and O–H groups in total. The minimum absolute atomic E-state index is 0.279. The van der Waals surface area contributed by atoms with Crippen molar-refractivity contribution in [2.75, 3.05) is 17.3 Å². The van der Waals surface area contributed by atoms with Crippen LogP contribution in [0.4, 0.5) is 11.9 Å². The first-order chi connectivity index (χ1) is 7.72. The van der Waals surface area contributed by atoms with E-state index in [1.807, 2.05) is 6.92 Å². The van der Waals surface area contributed by atoms with E-state index in [1.165, 1.54) is 0 Å². The lowest BCUT2D eigenvalue weighted by Gasteiger charge is -2.07. The highest BCUT2D eigenvalue weighted by Crippen LogP contribution is 2.31. The Bertz CT molecular complexity index is 371. The third-order valence-corrected chi connectivity index (χ3v) is 2.44. The molecule has 1 heterocycles. The summed E-state index contributed by atoms with van der Waals surface area (Å²) in [5, 5.41) is 3.20. The van der Waals surface area contributed by atoms with Gasteiger partial charge in [0.15, 0.2) is 0 Å². The SMILES string of the molecule is CCOc1nc(NN)nc(NC2CC2C)n1. The van der Waals surface area contributed by atoms with Crippen molar-refractivity contribution in [1.29, 1.82) is 0 Å². The lowest BCUT2D eigenvalue weighted by Crippen LogP contribution is -2.15. The van der Waals surface area contributed by atoms with Crippen molar-refractivity contribution in [3.8, 4) is 6.01 Å². The monoisotopic (exact) mass is 224 g/mol. The van der Waals surface area contributed by atoms with Crippen molar-refractivity contribution in [1.82, 2.24) is 15.0 Å². The second-order valence-electron chi connectivity index (χ2n) is 3.81. The molecule has 0 aliphatic heterocycles. The van der Waals surface area contributed by atoms with E-state index in [1.54, 1.807) is 0 Å². The van der Waals surface area contributed by atoms with Crippen LogP contribution in [0.25, 0.3) is 0 Å². The van der Waals surface area contributed by atoms with E-state index in [4.69, 9.17) is 10.6 Å². The molecule has 1 fully saturated rings. The smallest absolute Gasteiger partial charge is 0.323 e. The number of anilines is 2. The van der Waals surface area contributed by atoms with Gasteiger partial charge < -0.3 is 10.1 Å². The summed E-state index contributed by atoms with van der Waals surface area (Å²) in [5.74, 6) is 6.74. The van der Waals surface area contributed by atoms with Gasteiger partial charge in [-0.3, -0.25) is 5.43 Å². The zero-order chi connectivity index (χ0) is 11.5. The van der Waals surface area contributed by atoms with Gasteiger partial charge in [-0.05, 0) is 19.3 Å². The van der Waals surface area contributed by atoms with Crippen LogP contribution in [0.1, 0.15) is 20.3 Å². The van der Waals surface area contributed by atoms with Gasteiger partial charge in [-0.25, -0.2) is 5.84 Å². The highest BCUT2D eigenvalue weighted by molar-refractivity contribution is 5.37. The van der Waals surface area contributed by atoms with Gasteiger partial charge in [0.2, 0.25) is 11.9 Å². The molecule has 7 nitrogen and oxygen atoms in total. The average Bonchev–Trinajstić information content (AvgIpc) is 2.94. The predicted octanol–water partition coefficient (Wildman–Crippen LogP) is 0.376. The number of nitrogen functional groups attached to an aromatic ring is 1. The average molecular weight is 224 g/mol. The van der Waals surface area contributed by atoms with Gasteiger partial charge >= 0.3 is 6.01 Å². The lowest BCUT2D eigenvalue weighted by molar-refractivity contribution is 0.312. The van der Waals surface area contributed by atoms with E-state index in [9.17, 15) is 0 Å². The minimum Gasteiger partial charge on any atom is -0.464 e. The zero-order valence-corrected chi connectivity index (χ0v) is 9.40. The van der Waals surface area contributed by atoms with Crippen LogP contribution < -0.4 is 21.3 Å². The number of rotatable bonds is 5. The van der Waals surface area contributed by atoms with Gasteiger partial charge in [0.25, 0.3) is 0 Å². The van der Waals surface area contributed by atoms with Gasteiger partial charge in [-0.1, -0.05) is 6.92 Å². The van der Waals surface area contributed by atoms with Crippen LogP contribution in [-0.4, -0.2) is 27.6 Å². The Balaban J connectivity index is 2.12. The Labute approximate surface area is 93.8 Å². The first-order valence-corrected chi connectivity index (χ1v) is 5.35. The molecule has 0 radical (unpaired) electrons. The molecule has 2 rings (SSSR count). The van der Waals surface area contributed by atoms with Gasteiger partial charge in [-0.15, -0.1) is 0 Å². The Morgan fingerprint density at radius 1 is 1.38 bits per heavy atom. The molecule has 1 aliphatic rings. The number of nitrogens with one attached hydrogen (secondary N) is 2. The van der Waals surface area contributed by atoms with Crippen LogP contribution in [0.2, 0.25) is 0 Å². The molecule has 0 aromatic carbocycles. The quantitative estimate of drug-likeness (QED) is 0.491. The van der Waals surface area contributed by atoms with E-state index < -0.39 is 0 Å². The topological polar surface area (TPSA) is 98.0 Å². The second-order valence-corrected chi connectivity index (χ2v) is 3.81. The van der Waals surface area contributed by atoms with Crippen molar-refractivity contribution in [2.24, 2.45) is 11.8 Å². The summed E-state index contributed by atoms with van der Waals surface area (Å²) in [6.07, 6.45) is 1.14. The van der Waals surface area contributed by atoms with E-state index >= 15 is 0 Å². The number of aromatic nitrogens is 3. The molecule has 1 aliphatic carbocycles. The van der Waals surface area contributed by atoms with Gasteiger partial charge in [0, 0.05) is 6.04 Å². The first kappa shape index (κ1) is 10.9. The number of hydrazine groups is 1. The molecule has 88 valence electrons. The molecule has 7 heteroatoms.